The van der Waals surface area contributed by atoms with Gasteiger partial charge in [0.1, 0.15) is 5.82 Å². The van der Waals surface area contributed by atoms with E-state index in [1.54, 1.807) is 17.1 Å². The number of hydrogen-bond acceptors (Lipinski definition) is 4. The van der Waals surface area contributed by atoms with Crippen molar-refractivity contribution in [3.63, 3.8) is 0 Å². The first kappa shape index (κ1) is 23.6. The Hall–Kier alpha value is -3.80. The molecule has 7 heteroatoms. The molecule has 0 saturated carbocycles. The van der Waals surface area contributed by atoms with E-state index in [2.05, 4.69) is 24.3 Å². The van der Waals surface area contributed by atoms with Crippen LogP contribution in [0.4, 0.5) is 10.3 Å². The Balaban J connectivity index is 1.57. The molecule has 0 fully saturated rings. The van der Waals surface area contributed by atoms with Crippen LogP contribution in [-0.2, 0) is 0 Å². The maximum atomic E-state index is 14.9. The van der Waals surface area contributed by atoms with Crippen molar-refractivity contribution >= 4 is 45.8 Å². The molecule has 0 spiro atoms. The maximum Gasteiger partial charge on any atom is 0.247 e. The van der Waals surface area contributed by atoms with Crippen molar-refractivity contribution < 1.29 is 4.39 Å². The summed E-state index contributed by atoms with van der Waals surface area (Å²) in [7, 11) is 0. The molecule has 37 heavy (non-hydrogen) atoms. The fourth-order valence-electron chi connectivity index (χ4n) is 4.68. The lowest BCUT2D eigenvalue weighted by Gasteiger charge is -2.23. The van der Waals surface area contributed by atoms with Gasteiger partial charge in [0.2, 0.25) is 5.95 Å². The third-order valence-corrected chi connectivity index (χ3v) is 7.07. The highest BCUT2D eigenvalue weighted by Gasteiger charge is 2.34. The van der Waals surface area contributed by atoms with Crippen LogP contribution in [0.3, 0.4) is 0 Å². The van der Waals surface area contributed by atoms with Crippen LogP contribution in [0.15, 0.2) is 96.1 Å². The Morgan fingerprint density at radius 3 is 2.41 bits per heavy atom. The van der Waals surface area contributed by atoms with Crippen molar-refractivity contribution in [3.8, 4) is 11.3 Å². The minimum Gasteiger partial charge on any atom is -0.223 e. The summed E-state index contributed by atoms with van der Waals surface area (Å²) in [6.45, 7) is 2.04. The van der Waals surface area contributed by atoms with Crippen LogP contribution < -0.4 is 5.01 Å². The third-order valence-electron chi connectivity index (χ3n) is 6.52. The topological polar surface area (TPSA) is 41.4 Å². The predicted molar refractivity (Wildman–Crippen MR) is 149 cm³/mol. The van der Waals surface area contributed by atoms with E-state index in [0.29, 0.717) is 39.2 Å². The largest absolute Gasteiger partial charge is 0.247 e. The van der Waals surface area contributed by atoms with Crippen LogP contribution >= 0.6 is 23.2 Å². The van der Waals surface area contributed by atoms with Gasteiger partial charge in [0.15, 0.2) is 0 Å². The van der Waals surface area contributed by atoms with E-state index in [-0.39, 0.29) is 6.04 Å². The highest BCUT2D eigenvalue weighted by Crippen LogP contribution is 2.39. The van der Waals surface area contributed by atoms with Gasteiger partial charge in [-0.2, -0.15) is 5.10 Å². The van der Waals surface area contributed by atoms with Gasteiger partial charge in [0.05, 0.1) is 33.6 Å². The number of benzene rings is 4. The van der Waals surface area contributed by atoms with E-state index in [9.17, 15) is 4.39 Å². The molecule has 1 atom stereocenters. The van der Waals surface area contributed by atoms with Crippen LogP contribution in [0, 0.1) is 12.7 Å². The average molecular weight is 527 g/mol. The number of hydrazone groups is 1. The lowest BCUT2D eigenvalue weighted by molar-refractivity contribution is 0.624. The molecular formula is C30H21Cl2FN4. The molecule has 5 aromatic rings. The van der Waals surface area contributed by atoms with Crippen LogP contribution in [0.1, 0.15) is 29.2 Å². The number of hydrogen-bond donors (Lipinski definition) is 0. The van der Waals surface area contributed by atoms with Gasteiger partial charge in [-0.1, -0.05) is 89.4 Å². The summed E-state index contributed by atoms with van der Waals surface area (Å²) in [5.41, 5.74) is 5.44. The van der Waals surface area contributed by atoms with Gasteiger partial charge in [-0.15, -0.1) is 0 Å². The lowest BCUT2D eigenvalue weighted by atomic mass is 9.97. The molecule has 1 aliphatic heterocycles. The Labute approximate surface area is 224 Å². The minimum absolute atomic E-state index is 0.244. The zero-order chi connectivity index (χ0) is 25.5. The van der Waals surface area contributed by atoms with E-state index < -0.39 is 5.82 Å². The third kappa shape index (κ3) is 4.45. The summed E-state index contributed by atoms with van der Waals surface area (Å²) in [6, 6.07) is 28.2. The van der Waals surface area contributed by atoms with E-state index in [1.165, 1.54) is 6.07 Å². The molecule has 4 aromatic carbocycles. The quantitative estimate of drug-likeness (QED) is 0.236. The van der Waals surface area contributed by atoms with Crippen LogP contribution in [0.5, 0.6) is 0 Å². The zero-order valence-electron chi connectivity index (χ0n) is 19.9. The molecule has 0 bridgehead atoms. The summed E-state index contributed by atoms with van der Waals surface area (Å²) in [5.74, 6) is -0.00593. The molecule has 2 heterocycles. The molecule has 1 aliphatic rings. The van der Waals surface area contributed by atoms with E-state index in [4.69, 9.17) is 38.3 Å². The Kier molecular flexibility index (Phi) is 6.11. The van der Waals surface area contributed by atoms with Gasteiger partial charge in [-0.05, 0) is 42.8 Å². The normalized spacial score (nSPS) is 15.3. The molecule has 0 amide bonds. The number of aryl methyl sites for hydroxylation is 1. The predicted octanol–water partition coefficient (Wildman–Crippen LogP) is 8.41. The Morgan fingerprint density at radius 1 is 0.865 bits per heavy atom. The smallest absolute Gasteiger partial charge is 0.223 e. The van der Waals surface area contributed by atoms with Gasteiger partial charge in [0.25, 0.3) is 0 Å². The van der Waals surface area contributed by atoms with Crippen molar-refractivity contribution in [1.82, 2.24) is 9.97 Å². The SMILES string of the molecule is Cc1ccc([C@@H]2CC(c3c(F)cccc3Cl)=NN2c2nc(-c3ccccc3)c3ccc(Cl)cc3n2)cc1. The Bertz CT molecular complexity index is 1630. The second-order valence-electron chi connectivity index (χ2n) is 9.02. The van der Waals surface area contributed by atoms with Gasteiger partial charge >= 0.3 is 0 Å². The van der Waals surface area contributed by atoms with Crippen molar-refractivity contribution in [3.05, 3.63) is 124 Å². The summed E-state index contributed by atoms with van der Waals surface area (Å²) in [6.07, 6.45) is 0.446. The molecule has 0 saturated heterocycles. The van der Waals surface area contributed by atoms with E-state index in [1.807, 2.05) is 55.5 Å². The van der Waals surface area contributed by atoms with Crippen LogP contribution in [0.25, 0.3) is 22.2 Å². The highest BCUT2D eigenvalue weighted by atomic mass is 35.5. The standard InChI is InChI=1S/C30H21Cl2FN4/c1-18-10-12-19(13-11-18)27-17-26(28-23(32)8-5-9-24(28)33)36-37(27)30-34-25-16-21(31)14-15-22(25)29(35-30)20-6-3-2-4-7-20/h2-16,27H,17H2,1H3/t27-/m0/s1. The molecule has 0 N–H and O–H groups in total. The first-order valence-corrected chi connectivity index (χ1v) is 12.6. The lowest BCUT2D eigenvalue weighted by Crippen LogP contribution is -2.21. The molecule has 0 unspecified atom stereocenters. The first-order chi connectivity index (χ1) is 18.0. The number of halogens is 3. The summed E-state index contributed by atoms with van der Waals surface area (Å²) >= 11 is 12.8. The van der Waals surface area contributed by atoms with Crippen LogP contribution in [0.2, 0.25) is 10.0 Å². The molecule has 182 valence electrons. The van der Waals surface area contributed by atoms with Crippen molar-refractivity contribution in [2.45, 2.75) is 19.4 Å². The first-order valence-electron chi connectivity index (χ1n) is 11.9. The van der Waals surface area contributed by atoms with Gasteiger partial charge < -0.3 is 0 Å². The number of nitrogens with zero attached hydrogens (tertiary/aromatic N) is 4. The van der Waals surface area contributed by atoms with Crippen molar-refractivity contribution in [2.75, 3.05) is 5.01 Å². The molecule has 1 aromatic heterocycles. The van der Waals surface area contributed by atoms with Crippen LogP contribution in [-0.4, -0.2) is 15.7 Å². The van der Waals surface area contributed by atoms with Crippen molar-refractivity contribution in [1.29, 1.82) is 0 Å². The maximum absolute atomic E-state index is 14.9. The average Bonchev–Trinajstić information content (AvgIpc) is 3.33. The van der Waals surface area contributed by atoms with E-state index >= 15 is 0 Å². The van der Waals surface area contributed by atoms with Gasteiger partial charge in [-0.3, -0.25) is 0 Å². The van der Waals surface area contributed by atoms with E-state index in [0.717, 1.165) is 27.8 Å². The number of aromatic nitrogens is 2. The van der Waals surface area contributed by atoms with Gasteiger partial charge in [-0.25, -0.2) is 19.4 Å². The highest BCUT2D eigenvalue weighted by molar-refractivity contribution is 6.34. The number of rotatable bonds is 4. The fourth-order valence-corrected chi connectivity index (χ4v) is 5.11. The molecule has 6 rings (SSSR count). The summed E-state index contributed by atoms with van der Waals surface area (Å²) in [5, 5.41) is 8.41. The number of fused-ring (bicyclic) bond motifs is 1. The molecule has 4 nitrogen and oxygen atoms in total. The zero-order valence-corrected chi connectivity index (χ0v) is 21.4. The Morgan fingerprint density at radius 2 is 1.65 bits per heavy atom. The molecule has 0 radical (unpaired) electrons. The second kappa shape index (κ2) is 9.58. The second-order valence-corrected chi connectivity index (χ2v) is 9.86. The van der Waals surface area contributed by atoms with Crippen molar-refractivity contribution in [2.24, 2.45) is 5.10 Å². The molecule has 0 aliphatic carbocycles. The summed E-state index contributed by atoms with van der Waals surface area (Å²) in [4.78, 5) is 9.85. The monoisotopic (exact) mass is 526 g/mol. The fraction of sp³-hybridized carbons (Fsp3) is 0.100. The number of anilines is 1. The minimum atomic E-state index is -0.410. The molecular weight excluding hydrogens is 506 g/mol. The summed E-state index contributed by atoms with van der Waals surface area (Å²) < 4.78 is 14.9. The van der Waals surface area contributed by atoms with Gasteiger partial charge in [0, 0.05) is 22.4 Å².